The van der Waals surface area contributed by atoms with E-state index in [0.717, 1.165) is 0 Å². The summed E-state index contributed by atoms with van der Waals surface area (Å²) in [6.45, 7) is 4.18. The van der Waals surface area contributed by atoms with Gasteiger partial charge in [0.15, 0.2) is 0 Å². The van der Waals surface area contributed by atoms with Gasteiger partial charge in [0, 0.05) is 6.08 Å². The molecule has 0 atom stereocenters. The van der Waals surface area contributed by atoms with E-state index in [1.807, 2.05) is 24.3 Å². The van der Waals surface area contributed by atoms with Crippen molar-refractivity contribution in [2.24, 2.45) is 5.92 Å². The summed E-state index contributed by atoms with van der Waals surface area (Å²) in [6, 6.07) is 10.1. The third kappa shape index (κ3) is 3.23. The van der Waals surface area contributed by atoms with E-state index in [0.29, 0.717) is 5.92 Å². The van der Waals surface area contributed by atoms with Gasteiger partial charge in [-0.3, -0.25) is 0 Å². The fourth-order valence-corrected chi connectivity index (χ4v) is 0.841. The molecule has 0 nitrogen and oxygen atoms in total. The lowest BCUT2D eigenvalue weighted by Gasteiger charge is -1.88. The van der Waals surface area contributed by atoms with Gasteiger partial charge in [-0.2, -0.15) is 0 Å². The van der Waals surface area contributed by atoms with Gasteiger partial charge in [-0.25, -0.2) is 0 Å². The van der Waals surface area contributed by atoms with Crippen LogP contribution in [0.3, 0.4) is 0 Å². The minimum Gasteiger partial charge on any atom is -0.115 e. The molecule has 12 heavy (non-hydrogen) atoms. The zero-order chi connectivity index (χ0) is 8.81. The minimum atomic E-state index is 0.449. The Labute approximate surface area is 74.2 Å². The van der Waals surface area contributed by atoms with E-state index in [9.17, 15) is 0 Å². The van der Waals surface area contributed by atoms with Crippen LogP contribution in [0.15, 0.2) is 36.1 Å². The van der Waals surface area contributed by atoms with Crippen LogP contribution in [0, 0.1) is 12.0 Å². The second-order valence-corrected chi connectivity index (χ2v) is 3.00. The maximum absolute atomic E-state index is 3.09. The molecule has 0 bridgehead atoms. The highest BCUT2D eigenvalue weighted by Crippen LogP contribution is 2.00. The third-order valence-corrected chi connectivity index (χ3v) is 1.41. The summed E-state index contributed by atoms with van der Waals surface area (Å²) in [5, 5.41) is 0. The van der Waals surface area contributed by atoms with Crippen LogP contribution in [0.1, 0.15) is 19.4 Å². The Morgan fingerprint density at radius 3 is 2.42 bits per heavy atom. The van der Waals surface area contributed by atoms with Gasteiger partial charge < -0.3 is 0 Å². The molecular weight excluding hydrogens is 144 g/mol. The Balaban J connectivity index is 2.70. The Kier molecular flexibility index (Phi) is 3.37. The minimum absolute atomic E-state index is 0.449. The van der Waals surface area contributed by atoms with Crippen molar-refractivity contribution in [3.63, 3.8) is 0 Å². The van der Waals surface area contributed by atoms with E-state index >= 15 is 0 Å². The van der Waals surface area contributed by atoms with E-state index in [4.69, 9.17) is 0 Å². The number of benzene rings is 1. The van der Waals surface area contributed by atoms with Crippen LogP contribution >= 0.6 is 0 Å². The second kappa shape index (κ2) is 4.58. The van der Waals surface area contributed by atoms with Crippen molar-refractivity contribution in [2.75, 3.05) is 0 Å². The molecule has 0 aromatic heterocycles. The molecule has 61 valence electrons. The van der Waals surface area contributed by atoms with Gasteiger partial charge in [-0.05, 0) is 17.6 Å². The van der Waals surface area contributed by atoms with E-state index in [1.165, 1.54) is 5.56 Å². The van der Waals surface area contributed by atoms with Crippen molar-refractivity contribution in [1.82, 2.24) is 0 Å². The zero-order valence-corrected chi connectivity index (χ0v) is 7.54. The Hall–Kier alpha value is -1.26. The molecule has 0 N–H and O–H groups in total. The molecule has 0 spiro atoms. The van der Waals surface area contributed by atoms with Gasteiger partial charge >= 0.3 is 0 Å². The highest BCUT2D eigenvalue weighted by atomic mass is 13.9. The maximum Gasteiger partial charge on any atom is 0.00771 e. The average Bonchev–Trinajstić information content (AvgIpc) is 2.05. The van der Waals surface area contributed by atoms with Crippen LogP contribution in [-0.2, 0) is 0 Å². The van der Waals surface area contributed by atoms with Crippen LogP contribution in [0.2, 0.25) is 0 Å². The summed E-state index contributed by atoms with van der Waals surface area (Å²) < 4.78 is 0. The maximum atomic E-state index is 3.09. The van der Waals surface area contributed by atoms with Crippen LogP contribution in [-0.4, -0.2) is 0 Å². The summed E-state index contributed by atoms with van der Waals surface area (Å²) in [5.41, 5.74) is 4.20. The first kappa shape index (κ1) is 8.83. The van der Waals surface area contributed by atoms with Gasteiger partial charge in [-0.15, -0.1) is 5.73 Å². The molecule has 0 heterocycles. The van der Waals surface area contributed by atoms with Crippen molar-refractivity contribution < 1.29 is 0 Å². The standard InChI is InChI=1S/C12H13/c1-11(2)7-6-10-12-8-4-3-5-9-12/h3-5,8-11H,1-2H3. The summed E-state index contributed by atoms with van der Waals surface area (Å²) in [5.74, 6) is 0.449. The summed E-state index contributed by atoms with van der Waals surface area (Å²) in [7, 11) is 0. The van der Waals surface area contributed by atoms with E-state index in [2.05, 4.69) is 37.8 Å². The first-order valence-electron chi connectivity index (χ1n) is 4.18. The summed E-state index contributed by atoms with van der Waals surface area (Å²) >= 11 is 0. The van der Waals surface area contributed by atoms with Crippen molar-refractivity contribution in [2.45, 2.75) is 13.8 Å². The molecule has 0 aliphatic rings. The quantitative estimate of drug-likeness (QED) is 0.578. The number of allylic oxidation sites excluding steroid dienone is 1. The molecule has 0 fully saturated rings. The van der Waals surface area contributed by atoms with Crippen LogP contribution in [0.25, 0.3) is 6.08 Å². The molecule has 0 saturated heterocycles. The van der Waals surface area contributed by atoms with Crippen molar-refractivity contribution in [3.05, 3.63) is 47.7 Å². The first-order chi connectivity index (χ1) is 5.79. The predicted octanol–water partition coefficient (Wildman–Crippen LogP) is 3.31. The van der Waals surface area contributed by atoms with E-state index in [1.54, 1.807) is 0 Å². The van der Waals surface area contributed by atoms with Crippen LogP contribution in [0.4, 0.5) is 0 Å². The molecule has 1 radical (unpaired) electrons. The van der Waals surface area contributed by atoms with Crippen molar-refractivity contribution >= 4 is 6.08 Å². The Morgan fingerprint density at radius 1 is 1.17 bits per heavy atom. The van der Waals surface area contributed by atoms with Gasteiger partial charge in [0.2, 0.25) is 0 Å². The van der Waals surface area contributed by atoms with Crippen LogP contribution < -0.4 is 0 Å². The topological polar surface area (TPSA) is 0 Å². The fourth-order valence-electron chi connectivity index (χ4n) is 0.841. The molecular formula is C12H13. The monoisotopic (exact) mass is 157 g/mol. The number of hydrogen-bond acceptors (Lipinski definition) is 0. The Morgan fingerprint density at radius 2 is 1.83 bits per heavy atom. The van der Waals surface area contributed by atoms with Gasteiger partial charge in [0.25, 0.3) is 0 Å². The molecule has 0 unspecified atom stereocenters. The average molecular weight is 157 g/mol. The summed E-state index contributed by atoms with van der Waals surface area (Å²) in [4.78, 5) is 0. The number of rotatable bonds is 2. The summed E-state index contributed by atoms with van der Waals surface area (Å²) in [6.07, 6.45) is 5.03. The third-order valence-electron chi connectivity index (χ3n) is 1.41. The highest BCUT2D eigenvalue weighted by Gasteiger charge is 1.82. The predicted molar refractivity (Wildman–Crippen MR) is 52.5 cm³/mol. The smallest absolute Gasteiger partial charge is 0.00771 e. The fraction of sp³-hybridized carbons (Fsp3) is 0.250. The molecule has 0 amide bonds. The molecule has 0 aliphatic heterocycles. The SMILES string of the molecule is CC(C)[C]=C=Cc1ccccc1. The van der Waals surface area contributed by atoms with Crippen LogP contribution in [0.5, 0.6) is 0 Å². The largest absolute Gasteiger partial charge is 0.115 e. The molecule has 0 saturated carbocycles. The lowest BCUT2D eigenvalue weighted by molar-refractivity contribution is 0.808. The highest BCUT2D eigenvalue weighted by molar-refractivity contribution is 5.47. The van der Waals surface area contributed by atoms with Crippen molar-refractivity contribution in [3.8, 4) is 0 Å². The molecule has 1 aromatic carbocycles. The van der Waals surface area contributed by atoms with Gasteiger partial charge in [-0.1, -0.05) is 44.2 Å². The van der Waals surface area contributed by atoms with E-state index < -0.39 is 0 Å². The lowest BCUT2D eigenvalue weighted by atomic mass is 10.2. The zero-order valence-electron chi connectivity index (χ0n) is 7.54. The van der Waals surface area contributed by atoms with E-state index in [-0.39, 0.29) is 0 Å². The van der Waals surface area contributed by atoms with Gasteiger partial charge in [0.1, 0.15) is 0 Å². The normalized spacial score (nSPS) is 9.25. The molecule has 0 heteroatoms. The number of hydrogen-bond donors (Lipinski definition) is 0. The van der Waals surface area contributed by atoms with Crippen molar-refractivity contribution in [1.29, 1.82) is 0 Å². The lowest BCUT2D eigenvalue weighted by Crippen LogP contribution is -1.74. The molecule has 1 aromatic rings. The molecule has 1 rings (SSSR count). The van der Waals surface area contributed by atoms with Gasteiger partial charge in [0.05, 0.1) is 0 Å². The first-order valence-corrected chi connectivity index (χ1v) is 4.18. The second-order valence-electron chi connectivity index (χ2n) is 3.00. The molecule has 0 aliphatic carbocycles. The Bertz CT molecular complexity index is 274.